The summed E-state index contributed by atoms with van der Waals surface area (Å²) in [5, 5.41) is 4.17. The zero-order chi connectivity index (χ0) is 35.0. The molecule has 48 heavy (non-hydrogen) atoms. The van der Waals surface area contributed by atoms with Crippen LogP contribution in [0.3, 0.4) is 0 Å². The van der Waals surface area contributed by atoms with Crippen LogP contribution in [0.4, 0.5) is 32.3 Å². The second kappa shape index (κ2) is 13.3. The van der Waals surface area contributed by atoms with Crippen LogP contribution in [0, 0.1) is 5.41 Å². The Morgan fingerprint density at radius 3 is 2.08 bits per heavy atom. The van der Waals surface area contributed by atoms with E-state index in [9.17, 15) is 26.3 Å². The number of aryl methyl sites for hydroxylation is 1. The summed E-state index contributed by atoms with van der Waals surface area (Å²) in [6, 6.07) is 7.75. The van der Waals surface area contributed by atoms with Gasteiger partial charge in [-0.2, -0.15) is 31.4 Å². The van der Waals surface area contributed by atoms with Crippen molar-refractivity contribution in [2.24, 2.45) is 12.5 Å². The fourth-order valence-corrected chi connectivity index (χ4v) is 6.17. The fraction of sp³-hybridized carbons (Fsp3) is 0.417. The van der Waals surface area contributed by atoms with Gasteiger partial charge in [-0.3, -0.25) is 4.68 Å². The maximum Gasteiger partial charge on any atom is 0.416 e. The summed E-state index contributed by atoms with van der Waals surface area (Å²) in [4.78, 5) is 10.8. The number of hydrogen-bond donors (Lipinski definition) is 0. The Hall–Kier alpha value is -4.35. The molecular weight excluding hydrogens is 632 g/mol. The average molecular weight is 672 g/mol. The van der Waals surface area contributed by atoms with E-state index in [4.69, 9.17) is 4.74 Å². The summed E-state index contributed by atoms with van der Waals surface area (Å²) in [6.07, 6.45) is -1.08. The lowest BCUT2D eigenvalue weighted by atomic mass is 9.72. The van der Waals surface area contributed by atoms with Gasteiger partial charge in [-0.25, -0.2) is 9.97 Å². The number of allylic oxidation sites excluding steroid dienone is 1. The number of methoxy groups -OCH3 is 1. The molecule has 12 heteroatoms. The first kappa shape index (κ1) is 35.0. The molecule has 0 unspecified atom stereocenters. The molecule has 2 aromatic heterocycles. The molecule has 0 fully saturated rings. The van der Waals surface area contributed by atoms with Crippen LogP contribution >= 0.6 is 0 Å². The van der Waals surface area contributed by atoms with Crippen molar-refractivity contribution in [3.05, 3.63) is 94.6 Å². The molecule has 0 aliphatic heterocycles. The molecule has 6 nitrogen and oxygen atoms in total. The van der Waals surface area contributed by atoms with E-state index < -0.39 is 23.5 Å². The summed E-state index contributed by atoms with van der Waals surface area (Å²) in [5.41, 5.74) is 2.53. The quantitative estimate of drug-likeness (QED) is 0.166. The molecule has 0 amide bonds. The number of ether oxygens (including phenoxy) is 1. The number of nitrogens with zero attached hydrogens (tertiary/aromatic N) is 5. The molecular formula is C36H39F6N5O. The van der Waals surface area contributed by atoms with Gasteiger partial charge in [0.15, 0.2) is 0 Å². The lowest BCUT2D eigenvalue weighted by Gasteiger charge is -2.36. The first-order chi connectivity index (χ1) is 22.4. The first-order valence-electron chi connectivity index (χ1n) is 15.7. The van der Waals surface area contributed by atoms with Crippen LogP contribution in [0.5, 0.6) is 5.75 Å². The van der Waals surface area contributed by atoms with E-state index in [0.717, 1.165) is 52.8 Å². The number of benzene rings is 2. The van der Waals surface area contributed by atoms with Gasteiger partial charge < -0.3 is 9.64 Å². The predicted octanol–water partition coefficient (Wildman–Crippen LogP) is 9.72. The standard InChI is InChI=1S/C36H39F6N5O/c1-22(2)24-7-8-32(48-6)31(13-24)30-9-10-34(3,4)15-25(30)21-47(33-43-16-26(17-44-33)27-18-45-46(5)20-27)19-23-11-28(35(37,38)39)14-29(12-23)36(40,41)42/h7-8,11-14,16-18,20,22H,9-10,15,19,21H2,1-6H3. The number of alkyl halides is 6. The highest BCUT2D eigenvalue weighted by Gasteiger charge is 2.37. The lowest BCUT2D eigenvalue weighted by Crippen LogP contribution is -2.31. The maximum atomic E-state index is 13.8. The Kier molecular flexibility index (Phi) is 9.67. The summed E-state index contributed by atoms with van der Waals surface area (Å²) in [7, 11) is 3.38. The molecule has 1 aliphatic carbocycles. The molecule has 0 saturated carbocycles. The Bertz CT molecular complexity index is 1760. The molecule has 0 spiro atoms. The van der Waals surface area contributed by atoms with Gasteiger partial charge in [0.2, 0.25) is 5.95 Å². The van der Waals surface area contributed by atoms with Gasteiger partial charge in [-0.05, 0) is 83.2 Å². The second-order valence-electron chi connectivity index (χ2n) is 13.5. The van der Waals surface area contributed by atoms with Crippen molar-refractivity contribution in [2.45, 2.75) is 71.8 Å². The zero-order valence-electron chi connectivity index (χ0n) is 27.8. The third-order valence-corrected chi connectivity index (χ3v) is 8.75. The Balaban J connectivity index is 1.65. The Labute approximate surface area is 276 Å². The van der Waals surface area contributed by atoms with E-state index in [2.05, 4.69) is 48.8 Å². The molecule has 0 N–H and O–H groups in total. The minimum absolute atomic E-state index is 0.0991. The molecule has 0 atom stereocenters. The maximum absolute atomic E-state index is 13.8. The van der Waals surface area contributed by atoms with Crippen LogP contribution in [-0.2, 0) is 25.9 Å². The van der Waals surface area contributed by atoms with Crippen molar-refractivity contribution in [3.8, 4) is 16.9 Å². The van der Waals surface area contributed by atoms with Crippen LogP contribution in [-0.4, -0.2) is 33.4 Å². The second-order valence-corrected chi connectivity index (χ2v) is 13.5. The van der Waals surface area contributed by atoms with Gasteiger partial charge in [0, 0.05) is 55.4 Å². The molecule has 256 valence electrons. The number of aromatic nitrogens is 4. The predicted molar refractivity (Wildman–Crippen MR) is 173 cm³/mol. The highest BCUT2D eigenvalue weighted by atomic mass is 19.4. The highest BCUT2D eigenvalue weighted by molar-refractivity contribution is 5.75. The van der Waals surface area contributed by atoms with Crippen molar-refractivity contribution in [1.82, 2.24) is 19.7 Å². The van der Waals surface area contributed by atoms with Gasteiger partial charge in [0.1, 0.15) is 5.75 Å². The van der Waals surface area contributed by atoms with Crippen molar-refractivity contribution in [3.63, 3.8) is 0 Å². The van der Waals surface area contributed by atoms with Crippen LogP contribution in [0.1, 0.15) is 80.7 Å². The number of anilines is 1. The van der Waals surface area contributed by atoms with Crippen molar-refractivity contribution in [2.75, 3.05) is 18.6 Å². The number of halogens is 6. The molecule has 2 heterocycles. The highest BCUT2D eigenvalue weighted by Crippen LogP contribution is 2.46. The first-order valence-corrected chi connectivity index (χ1v) is 15.7. The van der Waals surface area contributed by atoms with Gasteiger partial charge in [-0.15, -0.1) is 0 Å². The van der Waals surface area contributed by atoms with Gasteiger partial charge in [0.05, 0.1) is 24.4 Å². The summed E-state index contributed by atoms with van der Waals surface area (Å²) in [5.74, 6) is 1.13. The smallest absolute Gasteiger partial charge is 0.416 e. The van der Waals surface area contributed by atoms with Crippen LogP contribution in [0.15, 0.2) is 66.8 Å². The number of rotatable bonds is 9. The van der Waals surface area contributed by atoms with E-state index >= 15 is 0 Å². The van der Waals surface area contributed by atoms with Crippen molar-refractivity contribution >= 4 is 11.5 Å². The summed E-state index contributed by atoms with van der Waals surface area (Å²) >= 11 is 0. The van der Waals surface area contributed by atoms with Gasteiger partial charge in [0.25, 0.3) is 0 Å². The van der Waals surface area contributed by atoms with Crippen LogP contribution in [0.25, 0.3) is 16.7 Å². The normalized spacial score (nSPS) is 15.3. The Morgan fingerprint density at radius 2 is 1.54 bits per heavy atom. The van der Waals surface area contributed by atoms with E-state index in [1.54, 1.807) is 48.5 Å². The topological polar surface area (TPSA) is 56.1 Å². The summed E-state index contributed by atoms with van der Waals surface area (Å²) < 4.78 is 90.4. The van der Waals surface area contributed by atoms with E-state index in [-0.39, 0.29) is 42.0 Å². The minimum Gasteiger partial charge on any atom is -0.496 e. The molecule has 0 saturated heterocycles. The molecule has 2 aromatic carbocycles. The molecule has 1 aliphatic rings. The zero-order valence-corrected chi connectivity index (χ0v) is 27.8. The average Bonchev–Trinajstić information content (AvgIpc) is 3.45. The van der Waals surface area contributed by atoms with Crippen molar-refractivity contribution in [1.29, 1.82) is 0 Å². The van der Waals surface area contributed by atoms with Gasteiger partial charge in [-0.1, -0.05) is 33.8 Å². The monoisotopic (exact) mass is 671 g/mol. The molecule has 0 radical (unpaired) electrons. The SMILES string of the molecule is COc1ccc(C(C)C)cc1C1=C(CN(Cc2cc(C(F)(F)F)cc(C(F)(F)F)c2)c2ncc(-c3cnn(C)c3)cn2)CC(C)(C)CC1. The van der Waals surface area contributed by atoms with Crippen LogP contribution < -0.4 is 9.64 Å². The summed E-state index contributed by atoms with van der Waals surface area (Å²) in [6.45, 7) is 8.39. The number of hydrogen-bond acceptors (Lipinski definition) is 5. The van der Waals surface area contributed by atoms with Crippen LogP contribution in [0.2, 0.25) is 0 Å². The van der Waals surface area contributed by atoms with E-state index in [0.29, 0.717) is 17.7 Å². The largest absolute Gasteiger partial charge is 0.496 e. The Morgan fingerprint density at radius 1 is 0.896 bits per heavy atom. The van der Waals surface area contributed by atoms with Gasteiger partial charge >= 0.3 is 12.4 Å². The lowest BCUT2D eigenvalue weighted by molar-refractivity contribution is -0.143. The minimum atomic E-state index is -4.97. The van der Waals surface area contributed by atoms with E-state index in [1.807, 2.05) is 12.1 Å². The molecule has 4 aromatic rings. The van der Waals surface area contributed by atoms with Crippen molar-refractivity contribution < 1.29 is 31.1 Å². The molecule has 5 rings (SSSR count). The van der Waals surface area contributed by atoms with E-state index in [1.165, 1.54) is 0 Å². The molecule has 0 bridgehead atoms. The fourth-order valence-electron chi connectivity index (χ4n) is 6.17. The third kappa shape index (κ3) is 8.02. The third-order valence-electron chi connectivity index (χ3n) is 8.75.